The summed E-state index contributed by atoms with van der Waals surface area (Å²) in [5, 5.41) is 20.6. The summed E-state index contributed by atoms with van der Waals surface area (Å²) in [6, 6.07) is 14.5. The number of hydrogen-bond acceptors (Lipinski definition) is 6. The second kappa shape index (κ2) is 13.8. The summed E-state index contributed by atoms with van der Waals surface area (Å²) in [5.41, 5.74) is 3.73. The molecule has 4 N–H and O–H groups in total. The van der Waals surface area contributed by atoms with Crippen LogP contribution in [-0.2, 0) is 11.3 Å². The van der Waals surface area contributed by atoms with E-state index in [1.807, 2.05) is 43.3 Å². The van der Waals surface area contributed by atoms with E-state index in [9.17, 15) is 22.8 Å². The van der Waals surface area contributed by atoms with Crippen LogP contribution >= 0.6 is 11.6 Å². The lowest BCUT2D eigenvalue weighted by Crippen LogP contribution is -2.32. The number of carboxylic acids is 1. The maximum atomic E-state index is 12.8. The zero-order valence-corrected chi connectivity index (χ0v) is 22.2. The number of anilines is 3. The Morgan fingerprint density at radius 1 is 1.02 bits per heavy atom. The number of amides is 2. The van der Waals surface area contributed by atoms with Crippen molar-refractivity contribution in [3.05, 3.63) is 81.2 Å². The molecule has 10 nitrogen and oxygen atoms in total. The molecule has 1 aliphatic heterocycles. The SMILES string of the molecule is Cc1ccc(NC(=O)Nc2ccc(Cn3ncc(N4CCCNCC4)c(Cl)c3=O)cc2)cc1.O=C(O)C(F)(F)F. The molecular weight excluding hydrogens is 553 g/mol. The number of aryl methyl sites for hydroxylation is 1. The van der Waals surface area contributed by atoms with Crippen LogP contribution in [0.1, 0.15) is 17.5 Å². The number of aromatic nitrogens is 2. The van der Waals surface area contributed by atoms with E-state index in [1.54, 1.807) is 18.3 Å². The van der Waals surface area contributed by atoms with Gasteiger partial charge in [0.05, 0.1) is 18.4 Å². The second-order valence-electron chi connectivity index (χ2n) is 8.84. The van der Waals surface area contributed by atoms with E-state index in [4.69, 9.17) is 21.5 Å². The average molecular weight is 581 g/mol. The Morgan fingerprint density at radius 2 is 1.60 bits per heavy atom. The summed E-state index contributed by atoms with van der Waals surface area (Å²) in [5.74, 6) is -2.76. The number of halogens is 4. The number of hydrogen-bond donors (Lipinski definition) is 4. The van der Waals surface area contributed by atoms with Gasteiger partial charge in [-0.2, -0.15) is 18.3 Å². The monoisotopic (exact) mass is 580 g/mol. The molecule has 214 valence electrons. The number of alkyl halides is 3. The predicted molar refractivity (Wildman–Crippen MR) is 146 cm³/mol. The fourth-order valence-corrected chi connectivity index (χ4v) is 3.94. The minimum atomic E-state index is -5.08. The Morgan fingerprint density at radius 3 is 2.17 bits per heavy atom. The van der Waals surface area contributed by atoms with Crippen LogP contribution in [-0.4, -0.2) is 59.2 Å². The number of carboxylic acid groups (broad SMARTS) is 1. The van der Waals surface area contributed by atoms with Gasteiger partial charge in [0.2, 0.25) is 0 Å². The molecule has 40 heavy (non-hydrogen) atoms. The van der Waals surface area contributed by atoms with Gasteiger partial charge in [-0.3, -0.25) is 4.79 Å². The van der Waals surface area contributed by atoms with Gasteiger partial charge in [-0.15, -0.1) is 0 Å². The molecule has 2 amide bonds. The standard InChI is InChI=1S/C24H27ClN6O2.C2HF3O2/c1-17-3-7-19(8-4-17)28-24(33)29-20-9-5-18(6-10-20)16-31-23(32)22(25)21(15-27-31)30-13-2-11-26-12-14-30;3-2(4,5)1(6)7/h3-10,15,26H,2,11-14,16H2,1H3,(H2,28,29,33);(H,6,7). The smallest absolute Gasteiger partial charge is 0.475 e. The van der Waals surface area contributed by atoms with Gasteiger partial charge in [0.15, 0.2) is 0 Å². The third-order valence-corrected chi connectivity index (χ3v) is 6.10. The third-order valence-electron chi connectivity index (χ3n) is 5.74. The molecule has 0 aliphatic carbocycles. The van der Waals surface area contributed by atoms with Gasteiger partial charge in [-0.1, -0.05) is 41.4 Å². The third kappa shape index (κ3) is 8.99. The Bertz CT molecular complexity index is 1360. The van der Waals surface area contributed by atoms with Gasteiger partial charge >= 0.3 is 18.2 Å². The summed E-state index contributed by atoms with van der Waals surface area (Å²) in [6.45, 7) is 5.71. The van der Waals surface area contributed by atoms with E-state index in [0.29, 0.717) is 11.4 Å². The molecule has 0 atom stereocenters. The number of carbonyl (C=O) groups excluding carboxylic acids is 1. The van der Waals surface area contributed by atoms with E-state index in [-0.39, 0.29) is 23.2 Å². The molecular formula is C26H28ClF3N6O4. The highest BCUT2D eigenvalue weighted by atomic mass is 35.5. The largest absolute Gasteiger partial charge is 0.490 e. The maximum absolute atomic E-state index is 12.8. The molecule has 0 unspecified atom stereocenters. The van der Waals surface area contributed by atoms with Crippen molar-refractivity contribution >= 4 is 40.7 Å². The number of benzene rings is 2. The molecule has 0 bridgehead atoms. The van der Waals surface area contributed by atoms with Crippen LogP contribution in [0.25, 0.3) is 0 Å². The number of carbonyl (C=O) groups is 2. The summed E-state index contributed by atoms with van der Waals surface area (Å²) in [7, 11) is 0. The molecule has 0 spiro atoms. The Kier molecular flexibility index (Phi) is 10.5. The second-order valence-corrected chi connectivity index (χ2v) is 9.22. The van der Waals surface area contributed by atoms with Crippen molar-refractivity contribution in [2.75, 3.05) is 41.7 Å². The van der Waals surface area contributed by atoms with Gasteiger partial charge < -0.3 is 26.0 Å². The summed E-state index contributed by atoms with van der Waals surface area (Å²) >= 11 is 6.42. The zero-order valence-electron chi connectivity index (χ0n) is 21.5. The molecule has 2 heterocycles. The van der Waals surface area contributed by atoms with Crippen molar-refractivity contribution in [1.82, 2.24) is 15.1 Å². The molecule has 0 radical (unpaired) electrons. The average Bonchev–Trinajstić information content (AvgIpc) is 3.19. The lowest BCUT2D eigenvalue weighted by molar-refractivity contribution is -0.192. The molecule has 3 aromatic rings. The van der Waals surface area contributed by atoms with Crippen molar-refractivity contribution < 1.29 is 27.9 Å². The normalized spacial score (nSPS) is 13.5. The quantitative estimate of drug-likeness (QED) is 0.354. The van der Waals surface area contributed by atoms with Crippen LogP contribution in [0.5, 0.6) is 0 Å². The van der Waals surface area contributed by atoms with Gasteiger partial charge in [0, 0.05) is 31.0 Å². The first kappa shape index (κ1) is 30.4. The van der Waals surface area contributed by atoms with Gasteiger partial charge in [0.25, 0.3) is 5.56 Å². The molecule has 14 heteroatoms. The van der Waals surface area contributed by atoms with E-state index in [2.05, 4.69) is 25.9 Å². The van der Waals surface area contributed by atoms with Crippen molar-refractivity contribution in [2.45, 2.75) is 26.1 Å². The fraction of sp³-hybridized carbons (Fsp3) is 0.308. The van der Waals surface area contributed by atoms with E-state index in [0.717, 1.165) is 49.4 Å². The van der Waals surface area contributed by atoms with E-state index >= 15 is 0 Å². The van der Waals surface area contributed by atoms with Crippen LogP contribution in [0, 0.1) is 6.92 Å². The lowest BCUT2D eigenvalue weighted by atomic mass is 10.2. The maximum Gasteiger partial charge on any atom is 0.490 e. The Balaban J connectivity index is 0.000000559. The van der Waals surface area contributed by atoms with Crippen molar-refractivity contribution in [2.24, 2.45) is 0 Å². The van der Waals surface area contributed by atoms with Gasteiger partial charge in [-0.05, 0) is 49.7 Å². The van der Waals surface area contributed by atoms with Crippen molar-refractivity contribution in [3.8, 4) is 0 Å². The molecule has 4 rings (SSSR count). The minimum absolute atomic E-state index is 0.193. The number of nitrogens with one attached hydrogen (secondary N) is 3. The summed E-state index contributed by atoms with van der Waals surface area (Å²) in [6.07, 6.45) is -2.43. The summed E-state index contributed by atoms with van der Waals surface area (Å²) in [4.78, 5) is 36.0. The number of aliphatic carboxylic acids is 1. The molecule has 0 saturated carbocycles. The Labute approximate surface area is 232 Å². The predicted octanol–water partition coefficient (Wildman–Crippen LogP) is 4.33. The number of rotatable bonds is 5. The first-order valence-corrected chi connectivity index (χ1v) is 12.6. The van der Waals surface area contributed by atoms with Crippen molar-refractivity contribution in [3.63, 3.8) is 0 Å². The zero-order chi connectivity index (χ0) is 29.3. The van der Waals surface area contributed by atoms with Crippen LogP contribution in [0.15, 0.2) is 59.5 Å². The van der Waals surface area contributed by atoms with E-state index < -0.39 is 12.1 Å². The molecule has 2 aromatic carbocycles. The van der Waals surface area contributed by atoms with Crippen LogP contribution in [0.3, 0.4) is 0 Å². The molecule has 1 saturated heterocycles. The highest BCUT2D eigenvalue weighted by Gasteiger charge is 2.38. The topological polar surface area (TPSA) is 129 Å². The fourth-order valence-electron chi connectivity index (χ4n) is 3.67. The van der Waals surface area contributed by atoms with Crippen LogP contribution < -0.4 is 26.4 Å². The number of nitrogens with zero attached hydrogens (tertiary/aromatic N) is 3. The highest BCUT2D eigenvalue weighted by molar-refractivity contribution is 6.33. The molecule has 1 aromatic heterocycles. The van der Waals surface area contributed by atoms with Crippen molar-refractivity contribution in [1.29, 1.82) is 0 Å². The molecule has 1 fully saturated rings. The van der Waals surface area contributed by atoms with Gasteiger partial charge in [-0.25, -0.2) is 14.3 Å². The summed E-state index contributed by atoms with van der Waals surface area (Å²) < 4.78 is 33.1. The highest BCUT2D eigenvalue weighted by Crippen LogP contribution is 2.22. The first-order valence-electron chi connectivity index (χ1n) is 12.2. The van der Waals surface area contributed by atoms with Gasteiger partial charge in [0.1, 0.15) is 5.02 Å². The lowest BCUT2D eigenvalue weighted by Gasteiger charge is -2.23. The van der Waals surface area contributed by atoms with E-state index in [1.165, 1.54) is 4.68 Å². The van der Waals surface area contributed by atoms with Crippen LogP contribution in [0.4, 0.5) is 35.0 Å². The minimum Gasteiger partial charge on any atom is -0.475 e. The first-order chi connectivity index (χ1) is 18.9. The molecule has 1 aliphatic rings. The van der Waals surface area contributed by atoms with Crippen LogP contribution in [0.2, 0.25) is 5.02 Å². The Hall–Kier alpha value is -4.10. The number of urea groups is 1.